The summed E-state index contributed by atoms with van der Waals surface area (Å²) in [5.74, 6) is -0.309. The molecule has 0 aromatic heterocycles. The van der Waals surface area contributed by atoms with Gasteiger partial charge in [-0.2, -0.15) is 0 Å². The molecule has 7 nitrogen and oxygen atoms in total. The summed E-state index contributed by atoms with van der Waals surface area (Å²) in [6.45, 7) is 3.50. The van der Waals surface area contributed by atoms with E-state index in [1.165, 1.54) is 0 Å². The third kappa shape index (κ3) is 6.93. The molecule has 7 heteroatoms. The maximum Gasteiger partial charge on any atom is 0.321 e. The first kappa shape index (κ1) is 19.8. The van der Waals surface area contributed by atoms with Gasteiger partial charge in [0.15, 0.2) is 0 Å². The van der Waals surface area contributed by atoms with Crippen molar-refractivity contribution in [1.82, 2.24) is 15.5 Å². The van der Waals surface area contributed by atoms with Crippen LogP contribution >= 0.6 is 0 Å². The SMILES string of the molecule is O=C(CN(CC1CCCO1)CC1CCCO1)NC(=O)NCc1ccccc1. The highest BCUT2D eigenvalue weighted by molar-refractivity contribution is 5.95. The van der Waals surface area contributed by atoms with Gasteiger partial charge in [0, 0.05) is 32.8 Å². The van der Waals surface area contributed by atoms with E-state index in [-0.39, 0.29) is 24.7 Å². The van der Waals surface area contributed by atoms with Gasteiger partial charge < -0.3 is 14.8 Å². The van der Waals surface area contributed by atoms with E-state index < -0.39 is 6.03 Å². The summed E-state index contributed by atoms with van der Waals surface area (Å²) in [5.41, 5.74) is 0.985. The summed E-state index contributed by atoms with van der Waals surface area (Å²) in [6, 6.07) is 9.12. The van der Waals surface area contributed by atoms with Crippen molar-refractivity contribution in [1.29, 1.82) is 0 Å². The number of rotatable bonds is 8. The second kappa shape index (κ2) is 10.4. The topological polar surface area (TPSA) is 79.9 Å². The number of amides is 3. The van der Waals surface area contributed by atoms with Crippen LogP contribution in [-0.4, -0.2) is 61.9 Å². The lowest BCUT2D eigenvalue weighted by atomic mass is 10.2. The number of benzene rings is 1. The number of urea groups is 1. The lowest BCUT2D eigenvalue weighted by Crippen LogP contribution is -2.47. The van der Waals surface area contributed by atoms with Crippen molar-refractivity contribution >= 4 is 11.9 Å². The Morgan fingerprint density at radius 1 is 1.00 bits per heavy atom. The van der Waals surface area contributed by atoms with Crippen LogP contribution in [0.3, 0.4) is 0 Å². The van der Waals surface area contributed by atoms with Crippen molar-refractivity contribution in [2.24, 2.45) is 0 Å². The Hall–Kier alpha value is -1.96. The predicted octanol–water partition coefficient (Wildman–Crippen LogP) is 1.67. The first-order valence-corrected chi connectivity index (χ1v) is 9.76. The molecule has 2 aliphatic heterocycles. The number of hydrogen-bond acceptors (Lipinski definition) is 5. The molecule has 0 radical (unpaired) electrons. The monoisotopic (exact) mass is 375 g/mol. The first-order chi connectivity index (χ1) is 13.2. The number of carbonyl (C=O) groups excluding carboxylic acids is 2. The molecule has 0 saturated carbocycles. The Kier molecular flexibility index (Phi) is 7.62. The number of imide groups is 1. The molecular formula is C20H29N3O4. The summed E-state index contributed by atoms with van der Waals surface area (Å²) in [4.78, 5) is 26.4. The van der Waals surface area contributed by atoms with Gasteiger partial charge in [-0.3, -0.25) is 15.0 Å². The van der Waals surface area contributed by atoms with Crippen molar-refractivity contribution in [2.75, 3.05) is 32.8 Å². The van der Waals surface area contributed by atoms with E-state index in [0.29, 0.717) is 19.6 Å². The van der Waals surface area contributed by atoms with Gasteiger partial charge in [0.05, 0.1) is 18.8 Å². The molecule has 2 saturated heterocycles. The van der Waals surface area contributed by atoms with Crippen molar-refractivity contribution in [3.05, 3.63) is 35.9 Å². The third-order valence-electron chi connectivity index (χ3n) is 4.89. The Bertz CT molecular complexity index is 581. The fourth-order valence-corrected chi connectivity index (χ4v) is 3.55. The molecule has 0 spiro atoms. The summed E-state index contributed by atoms with van der Waals surface area (Å²) in [7, 11) is 0. The molecule has 2 fully saturated rings. The van der Waals surface area contributed by atoms with Crippen LogP contribution < -0.4 is 10.6 Å². The van der Waals surface area contributed by atoms with Crippen LogP contribution in [0.2, 0.25) is 0 Å². The van der Waals surface area contributed by atoms with Crippen molar-refractivity contribution < 1.29 is 19.1 Å². The number of ether oxygens (including phenoxy) is 2. The molecule has 1 aromatic rings. The Morgan fingerprint density at radius 3 is 2.19 bits per heavy atom. The van der Waals surface area contributed by atoms with Gasteiger partial charge in [-0.05, 0) is 31.2 Å². The van der Waals surface area contributed by atoms with Crippen LogP contribution in [0, 0.1) is 0 Å². The highest BCUT2D eigenvalue weighted by Gasteiger charge is 2.25. The molecule has 148 valence electrons. The van der Waals surface area contributed by atoms with Crippen LogP contribution in [-0.2, 0) is 20.8 Å². The fourth-order valence-electron chi connectivity index (χ4n) is 3.55. The van der Waals surface area contributed by atoms with Crippen molar-refractivity contribution in [3.63, 3.8) is 0 Å². The number of nitrogens with one attached hydrogen (secondary N) is 2. The zero-order valence-electron chi connectivity index (χ0n) is 15.7. The number of carbonyl (C=O) groups is 2. The zero-order chi connectivity index (χ0) is 18.9. The highest BCUT2D eigenvalue weighted by atomic mass is 16.5. The molecule has 1 aromatic carbocycles. The average molecular weight is 375 g/mol. The van der Waals surface area contributed by atoms with Crippen LogP contribution in [0.4, 0.5) is 4.79 Å². The van der Waals surface area contributed by atoms with Gasteiger partial charge in [-0.25, -0.2) is 4.79 Å². The second-order valence-electron chi connectivity index (χ2n) is 7.18. The maximum absolute atomic E-state index is 12.3. The minimum absolute atomic E-state index is 0.158. The summed E-state index contributed by atoms with van der Waals surface area (Å²) in [5, 5.41) is 5.13. The highest BCUT2D eigenvalue weighted by Crippen LogP contribution is 2.17. The quantitative estimate of drug-likeness (QED) is 0.723. The van der Waals surface area contributed by atoms with Crippen LogP contribution in [0.15, 0.2) is 30.3 Å². The molecule has 3 rings (SSSR count). The molecule has 27 heavy (non-hydrogen) atoms. The van der Waals surface area contributed by atoms with Crippen LogP contribution in [0.1, 0.15) is 31.2 Å². The standard InChI is InChI=1S/C20H29N3O4/c24-19(22-20(25)21-12-16-6-2-1-3-7-16)15-23(13-17-8-4-10-26-17)14-18-9-5-11-27-18/h1-3,6-7,17-18H,4-5,8-15H2,(H2,21,22,24,25). The molecule has 3 amide bonds. The Labute approximate surface area is 160 Å². The molecular weight excluding hydrogens is 346 g/mol. The minimum Gasteiger partial charge on any atom is -0.377 e. The van der Waals surface area contributed by atoms with Gasteiger partial charge >= 0.3 is 6.03 Å². The summed E-state index contributed by atoms with van der Waals surface area (Å²) < 4.78 is 11.4. The molecule has 2 unspecified atom stereocenters. The van der Waals surface area contributed by atoms with Gasteiger partial charge in [0.25, 0.3) is 0 Å². The van der Waals surface area contributed by atoms with Gasteiger partial charge in [0.2, 0.25) is 5.91 Å². The Morgan fingerprint density at radius 2 is 1.63 bits per heavy atom. The van der Waals surface area contributed by atoms with Crippen LogP contribution in [0.25, 0.3) is 0 Å². The van der Waals surface area contributed by atoms with E-state index in [1.807, 2.05) is 35.2 Å². The largest absolute Gasteiger partial charge is 0.377 e. The second-order valence-corrected chi connectivity index (χ2v) is 7.18. The molecule has 2 atom stereocenters. The van der Waals surface area contributed by atoms with E-state index in [4.69, 9.17) is 9.47 Å². The summed E-state index contributed by atoms with van der Waals surface area (Å²) >= 11 is 0. The van der Waals surface area contributed by atoms with Gasteiger partial charge in [-0.1, -0.05) is 30.3 Å². The fraction of sp³-hybridized carbons (Fsp3) is 0.600. The number of hydrogen-bond donors (Lipinski definition) is 2. The lowest BCUT2D eigenvalue weighted by molar-refractivity contribution is -0.121. The molecule has 2 aliphatic rings. The minimum atomic E-state index is -0.474. The summed E-state index contributed by atoms with van der Waals surface area (Å²) in [6.07, 6.45) is 4.47. The van der Waals surface area contributed by atoms with E-state index in [2.05, 4.69) is 10.6 Å². The molecule has 0 bridgehead atoms. The van der Waals surface area contributed by atoms with E-state index in [0.717, 1.165) is 44.5 Å². The average Bonchev–Trinajstić information content (AvgIpc) is 3.35. The number of nitrogens with zero attached hydrogens (tertiary/aromatic N) is 1. The van der Waals surface area contributed by atoms with Crippen LogP contribution in [0.5, 0.6) is 0 Å². The maximum atomic E-state index is 12.3. The van der Waals surface area contributed by atoms with E-state index in [1.54, 1.807) is 0 Å². The first-order valence-electron chi connectivity index (χ1n) is 9.76. The van der Waals surface area contributed by atoms with Gasteiger partial charge in [0.1, 0.15) is 0 Å². The normalized spacial score (nSPS) is 22.1. The molecule has 0 aliphatic carbocycles. The molecule has 2 heterocycles. The Balaban J connectivity index is 1.44. The smallest absolute Gasteiger partial charge is 0.321 e. The van der Waals surface area contributed by atoms with Gasteiger partial charge in [-0.15, -0.1) is 0 Å². The molecule has 2 N–H and O–H groups in total. The predicted molar refractivity (Wildman–Crippen MR) is 101 cm³/mol. The lowest BCUT2D eigenvalue weighted by Gasteiger charge is -2.26. The van der Waals surface area contributed by atoms with Crippen molar-refractivity contribution in [3.8, 4) is 0 Å². The third-order valence-corrected chi connectivity index (χ3v) is 4.89. The zero-order valence-corrected chi connectivity index (χ0v) is 15.7. The van der Waals surface area contributed by atoms with E-state index in [9.17, 15) is 9.59 Å². The van der Waals surface area contributed by atoms with Crippen molar-refractivity contribution in [2.45, 2.75) is 44.4 Å². The van der Waals surface area contributed by atoms with E-state index >= 15 is 0 Å².